The Morgan fingerprint density at radius 3 is 2.30 bits per heavy atom. The van der Waals surface area contributed by atoms with Crippen molar-refractivity contribution in [2.24, 2.45) is 12.5 Å². The summed E-state index contributed by atoms with van der Waals surface area (Å²) < 4.78 is 2.34. The van der Waals surface area contributed by atoms with E-state index in [-0.39, 0.29) is 5.41 Å². The zero-order valence-electron chi connectivity index (χ0n) is 20.8. The second-order valence-corrected chi connectivity index (χ2v) is 10.9. The van der Waals surface area contributed by atoms with E-state index in [1.54, 1.807) is 0 Å². The third-order valence-corrected chi connectivity index (χ3v) is 6.87. The van der Waals surface area contributed by atoms with Crippen molar-refractivity contribution in [1.29, 1.82) is 0 Å². The fourth-order valence-electron chi connectivity index (χ4n) is 5.38. The molecule has 4 aromatic rings. The van der Waals surface area contributed by atoms with Crippen molar-refractivity contribution in [2.45, 2.75) is 47.5 Å². The first-order valence-corrected chi connectivity index (χ1v) is 12.0. The Morgan fingerprint density at radius 1 is 0.818 bits per heavy atom. The molecule has 1 aromatic heterocycles. The summed E-state index contributed by atoms with van der Waals surface area (Å²) in [5.74, 6) is 0. The normalized spacial score (nSPS) is 12.5. The molecule has 3 aromatic carbocycles. The van der Waals surface area contributed by atoms with Crippen molar-refractivity contribution >= 4 is 0 Å². The Hall–Kier alpha value is -3.19. The van der Waals surface area contributed by atoms with Gasteiger partial charge in [0.2, 0.25) is 5.69 Å². The van der Waals surface area contributed by atoms with Crippen molar-refractivity contribution in [3.63, 3.8) is 0 Å². The van der Waals surface area contributed by atoms with Crippen LogP contribution in [0.5, 0.6) is 0 Å². The summed E-state index contributed by atoms with van der Waals surface area (Å²) in [5, 5.41) is 0. The van der Waals surface area contributed by atoms with Gasteiger partial charge in [0.1, 0.15) is 7.05 Å². The first-order chi connectivity index (χ1) is 15.7. The molecule has 0 atom stereocenters. The van der Waals surface area contributed by atoms with E-state index in [2.05, 4.69) is 119 Å². The molecule has 1 heteroatoms. The van der Waals surface area contributed by atoms with E-state index < -0.39 is 0 Å². The second kappa shape index (κ2) is 7.99. The van der Waals surface area contributed by atoms with Gasteiger partial charge in [-0.25, -0.2) is 4.57 Å². The molecular formula is C32H34N+. The van der Waals surface area contributed by atoms with Crippen LogP contribution in [0.1, 0.15) is 48.6 Å². The molecule has 1 nitrogen and oxygen atoms in total. The minimum Gasteiger partial charge on any atom is -0.200 e. The van der Waals surface area contributed by atoms with Gasteiger partial charge in [-0.05, 0) is 71.0 Å². The molecule has 5 rings (SSSR count). The first-order valence-electron chi connectivity index (χ1n) is 12.0. The van der Waals surface area contributed by atoms with Crippen LogP contribution in [0.3, 0.4) is 0 Å². The Balaban J connectivity index is 1.73. The number of fused-ring (bicyclic) bond motifs is 3. The van der Waals surface area contributed by atoms with Gasteiger partial charge in [0.15, 0.2) is 6.20 Å². The smallest absolute Gasteiger partial charge is 0.200 e. The molecule has 0 amide bonds. The maximum Gasteiger partial charge on any atom is 0.213 e. The molecule has 0 bridgehead atoms. The summed E-state index contributed by atoms with van der Waals surface area (Å²) >= 11 is 0. The molecule has 0 aliphatic heterocycles. The SMILES string of the molecule is Cc1ccc2c(c1)-c1ccc(C)c(-c3cc(CC(C)(C)C)c(-c4ccccc4)c[n+]3C)c1C2. The standard InChI is InChI=1S/C32H34N/c1-21-12-14-24-17-28-26(27(24)16-21)15-13-22(2)31(28)30-18-25(19-32(3,4)5)29(20-33(30)6)23-10-8-7-9-11-23/h7-16,18,20H,17,19H2,1-6H3/q+1. The van der Waals surface area contributed by atoms with Crippen LogP contribution in [0.25, 0.3) is 33.5 Å². The molecular weight excluding hydrogens is 398 g/mol. The lowest BCUT2D eigenvalue weighted by atomic mass is 9.84. The monoisotopic (exact) mass is 432 g/mol. The van der Waals surface area contributed by atoms with E-state index >= 15 is 0 Å². The van der Waals surface area contributed by atoms with Crippen LogP contribution < -0.4 is 4.57 Å². The zero-order chi connectivity index (χ0) is 23.3. The third-order valence-electron chi connectivity index (χ3n) is 6.87. The zero-order valence-corrected chi connectivity index (χ0v) is 20.8. The number of hydrogen-bond acceptors (Lipinski definition) is 0. The largest absolute Gasteiger partial charge is 0.213 e. The van der Waals surface area contributed by atoms with Crippen LogP contribution in [0, 0.1) is 19.3 Å². The number of aromatic nitrogens is 1. The van der Waals surface area contributed by atoms with Crippen molar-refractivity contribution in [1.82, 2.24) is 0 Å². The highest BCUT2D eigenvalue weighted by Gasteiger charge is 2.28. The lowest BCUT2D eigenvalue weighted by molar-refractivity contribution is -0.660. The number of nitrogens with zero attached hydrogens (tertiary/aromatic N) is 1. The van der Waals surface area contributed by atoms with Gasteiger partial charge in [-0.1, -0.05) is 87.0 Å². The average Bonchev–Trinajstić information content (AvgIpc) is 3.12. The molecule has 1 heterocycles. The van der Waals surface area contributed by atoms with Crippen molar-refractivity contribution < 1.29 is 4.57 Å². The molecule has 0 unspecified atom stereocenters. The number of benzene rings is 3. The predicted octanol–water partition coefficient (Wildman–Crippen LogP) is 7.62. The van der Waals surface area contributed by atoms with Gasteiger partial charge in [0.05, 0.1) is 5.56 Å². The third kappa shape index (κ3) is 4.02. The van der Waals surface area contributed by atoms with Gasteiger partial charge in [0, 0.05) is 11.6 Å². The summed E-state index contributed by atoms with van der Waals surface area (Å²) in [5.41, 5.74) is 15.4. The maximum atomic E-state index is 2.46. The van der Waals surface area contributed by atoms with Crippen molar-refractivity contribution in [2.75, 3.05) is 0 Å². The number of rotatable bonds is 3. The molecule has 0 spiro atoms. The lowest BCUT2D eigenvalue weighted by Crippen LogP contribution is -2.32. The van der Waals surface area contributed by atoms with E-state index in [9.17, 15) is 0 Å². The van der Waals surface area contributed by atoms with E-state index in [4.69, 9.17) is 0 Å². The van der Waals surface area contributed by atoms with Gasteiger partial charge in [-0.2, -0.15) is 0 Å². The van der Waals surface area contributed by atoms with Crippen molar-refractivity contribution in [3.05, 3.63) is 101 Å². The van der Waals surface area contributed by atoms with Gasteiger partial charge in [0.25, 0.3) is 0 Å². The fraction of sp³-hybridized carbons (Fsp3) is 0.281. The highest BCUT2D eigenvalue weighted by atomic mass is 14.9. The predicted molar refractivity (Wildman–Crippen MR) is 139 cm³/mol. The molecule has 33 heavy (non-hydrogen) atoms. The fourth-order valence-corrected chi connectivity index (χ4v) is 5.38. The molecule has 0 N–H and O–H groups in total. The minimum absolute atomic E-state index is 0.210. The Kier molecular flexibility index (Phi) is 5.24. The Morgan fingerprint density at radius 2 is 1.58 bits per heavy atom. The summed E-state index contributed by atoms with van der Waals surface area (Å²) in [7, 11) is 2.20. The molecule has 0 fully saturated rings. The van der Waals surface area contributed by atoms with Crippen LogP contribution in [0.4, 0.5) is 0 Å². The van der Waals surface area contributed by atoms with E-state index in [1.807, 2.05) is 0 Å². The Labute approximate surface area is 198 Å². The molecule has 1 aliphatic carbocycles. The van der Waals surface area contributed by atoms with Crippen LogP contribution in [0.15, 0.2) is 72.9 Å². The highest BCUT2D eigenvalue weighted by Crippen LogP contribution is 2.43. The van der Waals surface area contributed by atoms with Crippen LogP contribution in [-0.2, 0) is 19.9 Å². The quantitative estimate of drug-likeness (QED) is 0.258. The topological polar surface area (TPSA) is 3.88 Å². The maximum absolute atomic E-state index is 2.46. The molecule has 0 radical (unpaired) electrons. The lowest BCUT2D eigenvalue weighted by Gasteiger charge is -2.21. The van der Waals surface area contributed by atoms with Crippen molar-refractivity contribution in [3.8, 4) is 33.5 Å². The summed E-state index contributed by atoms with van der Waals surface area (Å²) in [4.78, 5) is 0. The van der Waals surface area contributed by atoms with E-state index in [0.29, 0.717) is 0 Å². The summed E-state index contributed by atoms with van der Waals surface area (Å²) in [6.07, 6.45) is 4.40. The number of aryl methyl sites for hydroxylation is 3. The molecule has 0 saturated carbocycles. The number of pyridine rings is 1. The average molecular weight is 433 g/mol. The summed E-state index contributed by atoms with van der Waals surface area (Å²) in [6, 6.07) is 24.8. The van der Waals surface area contributed by atoms with E-state index in [1.165, 1.54) is 61.3 Å². The summed E-state index contributed by atoms with van der Waals surface area (Å²) in [6.45, 7) is 11.4. The van der Waals surface area contributed by atoms with Crippen LogP contribution >= 0.6 is 0 Å². The second-order valence-electron chi connectivity index (χ2n) is 10.9. The van der Waals surface area contributed by atoms with Gasteiger partial charge < -0.3 is 0 Å². The first kappa shape index (κ1) is 21.6. The minimum atomic E-state index is 0.210. The Bertz CT molecular complexity index is 1350. The number of hydrogen-bond donors (Lipinski definition) is 0. The van der Waals surface area contributed by atoms with Crippen LogP contribution in [-0.4, -0.2) is 0 Å². The molecule has 1 aliphatic rings. The molecule has 0 saturated heterocycles. The van der Waals surface area contributed by atoms with Gasteiger partial charge in [-0.3, -0.25) is 0 Å². The van der Waals surface area contributed by atoms with Crippen LogP contribution in [0.2, 0.25) is 0 Å². The molecule has 166 valence electrons. The van der Waals surface area contributed by atoms with Gasteiger partial charge in [-0.15, -0.1) is 0 Å². The van der Waals surface area contributed by atoms with E-state index in [0.717, 1.165) is 12.8 Å². The highest BCUT2D eigenvalue weighted by molar-refractivity contribution is 5.85. The van der Waals surface area contributed by atoms with Gasteiger partial charge >= 0.3 is 0 Å².